The summed E-state index contributed by atoms with van der Waals surface area (Å²) in [6.07, 6.45) is 23.8. The average Bonchev–Trinajstić information content (AvgIpc) is 1.36. The molecule has 4 aliphatic carbocycles. The molecule has 28 rings (SSSR count). The Bertz CT molecular complexity index is 5980. The number of nitrogens with zero attached hydrogens (tertiary/aromatic N) is 8. The lowest BCUT2D eigenvalue weighted by Crippen LogP contribution is -2.26. The van der Waals surface area contributed by atoms with Crippen LogP contribution in [0.5, 0.6) is 0 Å². The number of hydrogen-bond donors (Lipinski definition) is 0. The van der Waals surface area contributed by atoms with Gasteiger partial charge in [0.1, 0.15) is 5.82 Å². The summed E-state index contributed by atoms with van der Waals surface area (Å²) in [6, 6.07) is 93.7. The van der Waals surface area contributed by atoms with Crippen LogP contribution in [-0.4, -0.2) is 19.9 Å². The lowest BCUT2D eigenvalue weighted by Gasteiger charge is -2.40. The van der Waals surface area contributed by atoms with Gasteiger partial charge in [-0.25, -0.2) is 4.98 Å². The summed E-state index contributed by atoms with van der Waals surface area (Å²) in [7, 11) is 0. The first kappa shape index (κ1) is 62.3. The van der Waals surface area contributed by atoms with Crippen molar-refractivity contribution in [3.63, 3.8) is 0 Å². The molecule has 0 atom stereocenters. The Hall–Kier alpha value is -13.6. The van der Waals surface area contributed by atoms with Gasteiger partial charge in [0.05, 0.1) is 57.4 Å². The van der Waals surface area contributed by atoms with Gasteiger partial charge in [0, 0.05) is 99.4 Å². The van der Waals surface area contributed by atoms with Gasteiger partial charge in [-0.05, 0) is 277 Å². The third kappa shape index (κ3) is 9.12. The Balaban J connectivity index is 0.0000000847. The Morgan fingerprint density at radius 1 is 0.188 bits per heavy atom. The minimum atomic E-state index is 0.925. The van der Waals surface area contributed by atoms with Crippen molar-refractivity contribution in [2.45, 2.75) is 77.0 Å². The molecular formula is C104H72N8. The normalized spacial score (nSPS) is 14.6. The van der Waals surface area contributed by atoms with Gasteiger partial charge < -0.3 is 14.7 Å². The quantitative estimate of drug-likeness (QED) is 0.149. The Labute approximate surface area is 651 Å². The van der Waals surface area contributed by atoms with Crippen molar-refractivity contribution in [3.05, 3.63) is 426 Å². The van der Waals surface area contributed by atoms with Crippen LogP contribution in [0, 0.1) is 0 Å². The molecule has 12 aromatic carbocycles. The molecule has 0 radical (unpaired) electrons. The molecule has 12 heterocycles. The first-order valence-electron chi connectivity index (χ1n) is 39.8. The summed E-state index contributed by atoms with van der Waals surface area (Å²) >= 11 is 0. The largest absolute Gasteiger partial charge is 0.309 e. The molecule has 0 spiro atoms. The standard InChI is InChI=1S/4C26H18N2/c1-3-9-20-16(6-1)13-22-21(20)15-19-12-17-7-2-4-10-24(17)28-25(19)23(22)14-18-8-5-11-27-26(18)28;1-3-8-19-16(6-1)13-21-20(19)14-18-12-17-7-2-4-9-24(17)28-25-10-5-11-27-23(25)15-22(21)26(18)28;1-3-7-20-16(5-1)12-22-21(20)13-18-11-17-6-2-4-8-24(17)28-25-9-10-27-15-19(25)14-23(22)26(18)28;1-3-7-20-16(5-1)12-22-21(20)14-19-11-17-6-2-4-8-24(17)28-25-15-27-10-9-18(25)13-23(22)26(19)28/h1-11,15H,12-14H2;1-11,14H,12-13,15H2;1-10,13,15H,11-12,14H2;1-10,14-15H,11-13H2. The van der Waals surface area contributed by atoms with Gasteiger partial charge in [0.2, 0.25) is 0 Å². The number of aromatic nitrogens is 4. The Kier molecular flexibility index (Phi) is 13.3. The molecule has 112 heavy (non-hydrogen) atoms. The molecule has 0 amide bonds. The molecule has 4 aromatic heterocycles. The highest BCUT2D eigenvalue weighted by molar-refractivity contribution is 5.99. The highest BCUT2D eigenvalue weighted by Gasteiger charge is 2.42. The molecule has 16 aromatic rings. The van der Waals surface area contributed by atoms with E-state index in [9.17, 15) is 0 Å². The minimum Gasteiger partial charge on any atom is -0.309 e. The number of pyridine rings is 4. The minimum absolute atomic E-state index is 0.925. The van der Waals surface area contributed by atoms with Gasteiger partial charge >= 0.3 is 0 Å². The van der Waals surface area contributed by atoms with Gasteiger partial charge in [-0.15, -0.1) is 0 Å². The summed E-state index contributed by atoms with van der Waals surface area (Å²) in [5.74, 6) is 1.10. The summed E-state index contributed by atoms with van der Waals surface area (Å²) in [4.78, 5) is 28.3. The second kappa shape index (κ2) is 24.0. The predicted octanol–water partition coefficient (Wildman–Crippen LogP) is 23.7. The number of anilines is 12. The zero-order chi connectivity index (χ0) is 73.0. The van der Waals surface area contributed by atoms with Crippen molar-refractivity contribution in [3.8, 4) is 44.5 Å². The Morgan fingerprint density at radius 2 is 0.500 bits per heavy atom. The first-order chi connectivity index (χ1) is 55.5. The first-order valence-corrected chi connectivity index (χ1v) is 39.8. The molecule has 12 aliphatic rings. The zero-order valence-electron chi connectivity index (χ0n) is 61.8. The van der Waals surface area contributed by atoms with E-state index in [4.69, 9.17) is 9.97 Å². The number of benzene rings is 12. The monoisotopic (exact) mass is 1430 g/mol. The Morgan fingerprint density at radius 3 is 0.982 bits per heavy atom. The van der Waals surface area contributed by atoms with E-state index >= 15 is 0 Å². The molecule has 8 heteroatoms. The van der Waals surface area contributed by atoms with E-state index in [0.29, 0.717) is 0 Å². The molecular weight excluding hydrogens is 1360 g/mol. The fourth-order valence-electron chi connectivity index (χ4n) is 21.6. The number of rotatable bonds is 0. The molecule has 0 fully saturated rings. The summed E-state index contributed by atoms with van der Waals surface area (Å²) in [5.41, 5.74) is 60.4. The van der Waals surface area contributed by atoms with Crippen LogP contribution in [0.2, 0.25) is 0 Å². The molecule has 0 bridgehead atoms. The zero-order valence-corrected chi connectivity index (χ0v) is 61.8. The fourth-order valence-corrected chi connectivity index (χ4v) is 21.6. The van der Waals surface area contributed by atoms with E-state index in [0.717, 1.165) is 82.9 Å². The smallest absolute Gasteiger partial charge is 0.141 e. The maximum Gasteiger partial charge on any atom is 0.141 e. The summed E-state index contributed by atoms with van der Waals surface area (Å²) in [6.45, 7) is 0. The van der Waals surface area contributed by atoms with E-state index in [-0.39, 0.29) is 0 Å². The molecule has 0 saturated carbocycles. The van der Waals surface area contributed by atoms with Crippen LogP contribution in [0.25, 0.3) is 44.5 Å². The lowest BCUT2D eigenvalue weighted by molar-refractivity contribution is 0.956. The molecule has 528 valence electrons. The van der Waals surface area contributed by atoms with Crippen molar-refractivity contribution in [1.29, 1.82) is 0 Å². The lowest BCUT2D eigenvalue weighted by atomic mass is 9.83. The highest BCUT2D eigenvalue weighted by atomic mass is 15.2. The van der Waals surface area contributed by atoms with Gasteiger partial charge in [-0.2, -0.15) is 0 Å². The molecule has 0 saturated heterocycles. The molecule has 8 nitrogen and oxygen atoms in total. The van der Waals surface area contributed by atoms with E-state index in [1.54, 1.807) is 0 Å². The van der Waals surface area contributed by atoms with Crippen LogP contribution in [0.15, 0.2) is 292 Å². The van der Waals surface area contributed by atoms with Crippen molar-refractivity contribution in [2.24, 2.45) is 0 Å². The van der Waals surface area contributed by atoms with E-state index in [2.05, 4.69) is 291 Å². The maximum atomic E-state index is 4.80. The number of para-hydroxylation sites is 4. The van der Waals surface area contributed by atoms with Gasteiger partial charge in [-0.1, -0.05) is 176 Å². The third-order valence-corrected chi connectivity index (χ3v) is 26.3. The fraction of sp³-hybridized carbons (Fsp3) is 0.115. The highest BCUT2D eigenvalue weighted by Crippen LogP contribution is 2.60. The van der Waals surface area contributed by atoms with Crippen LogP contribution < -0.4 is 19.6 Å². The van der Waals surface area contributed by atoms with Crippen LogP contribution in [0.1, 0.15) is 134 Å². The van der Waals surface area contributed by atoms with Crippen molar-refractivity contribution in [2.75, 3.05) is 19.6 Å². The van der Waals surface area contributed by atoms with Crippen molar-refractivity contribution < 1.29 is 0 Å². The number of hydrogen-bond acceptors (Lipinski definition) is 8. The van der Waals surface area contributed by atoms with Gasteiger partial charge in [-0.3, -0.25) is 19.9 Å². The second-order valence-corrected chi connectivity index (χ2v) is 32.1. The van der Waals surface area contributed by atoms with Gasteiger partial charge in [0.15, 0.2) is 0 Å². The van der Waals surface area contributed by atoms with E-state index in [1.165, 1.54) is 241 Å². The molecule has 0 unspecified atom stereocenters. The maximum absolute atomic E-state index is 4.80. The van der Waals surface area contributed by atoms with Crippen LogP contribution in [0.3, 0.4) is 0 Å². The van der Waals surface area contributed by atoms with Crippen LogP contribution >= 0.6 is 0 Å². The molecule has 8 aliphatic heterocycles. The molecule has 0 N–H and O–H groups in total. The van der Waals surface area contributed by atoms with Crippen LogP contribution in [-0.2, 0) is 77.0 Å². The topological polar surface area (TPSA) is 64.5 Å². The predicted molar refractivity (Wildman–Crippen MR) is 451 cm³/mol. The summed E-state index contributed by atoms with van der Waals surface area (Å²) in [5, 5.41) is 0. The van der Waals surface area contributed by atoms with Crippen LogP contribution in [0.4, 0.5) is 68.4 Å². The second-order valence-electron chi connectivity index (χ2n) is 32.1. The summed E-state index contributed by atoms with van der Waals surface area (Å²) < 4.78 is 0. The van der Waals surface area contributed by atoms with Crippen molar-refractivity contribution >= 4 is 68.4 Å². The van der Waals surface area contributed by atoms with E-state index in [1.807, 2.05) is 31.0 Å². The van der Waals surface area contributed by atoms with E-state index < -0.39 is 0 Å². The van der Waals surface area contributed by atoms with Crippen molar-refractivity contribution in [1.82, 2.24) is 19.9 Å². The SMILES string of the molecule is c1ccc2c(c1)Cc1c-2cc2c3c1Cc1cccnc1N3c1ccccc1C2.c1ccc2c(c1)Cc1c-2cc2c3c1Cc1ccncc1N3c1ccccc1C2.c1ccc2c(c1)Cc1c-2cc2c3c1Cc1cnccc1N3c1ccccc1C2.c1ccc2c(c1)Cc1c-2cc2c3c1Cc1ncccc1N3c1ccccc1C2. The third-order valence-electron chi connectivity index (χ3n) is 26.3. The number of fused-ring (bicyclic) bond motifs is 32. The van der Waals surface area contributed by atoms with Gasteiger partial charge in [0.25, 0.3) is 0 Å². The average molecular weight is 1430 g/mol.